The van der Waals surface area contributed by atoms with E-state index in [1.54, 1.807) is 0 Å². The predicted molar refractivity (Wildman–Crippen MR) is 89.5 cm³/mol. The molecule has 0 unspecified atom stereocenters. The van der Waals surface area contributed by atoms with E-state index in [1.165, 1.54) is 6.42 Å². The van der Waals surface area contributed by atoms with Gasteiger partial charge in [0.25, 0.3) is 5.91 Å². The molecule has 0 aliphatic carbocycles. The van der Waals surface area contributed by atoms with Gasteiger partial charge in [0.15, 0.2) is 6.61 Å². The Morgan fingerprint density at radius 1 is 1.41 bits per heavy atom. The first-order chi connectivity index (χ1) is 10.6. The van der Waals surface area contributed by atoms with E-state index in [9.17, 15) is 4.79 Å². The third kappa shape index (κ3) is 4.62. The van der Waals surface area contributed by atoms with Crippen LogP contribution in [0.5, 0.6) is 5.75 Å². The molecule has 1 aliphatic heterocycles. The summed E-state index contributed by atoms with van der Waals surface area (Å²) >= 11 is 6.06. The van der Waals surface area contributed by atoms with E-state index in [0.717, 1.165) is 44.0 Å². The number of hydrogen-bond donors (Lipinski definition) is 1. The summed E-state index contributed by atoms with van der Waals surface area (Å²) in [6.07, 6.45) is 3.37. The van der Waals surface area contributed by atoms with Crippen LogP contribution in [0.15, 0.2) is 18.2 Å². The standard InChI is InChI=1S/C17H25ClN2O2/c1-13-15(18)4-3-5-16(13)22-12-17(21)20-10-7-14(8-11-20)6-9-19-2/h3-5,14,19H,6-12H2,1-2H3. The summed E-state index contributed by atoms with van der Waals surface area (Å²) in [4.78, 5) is 14.2. The molecule has 0 saturated carbocycles. The zero-order chi connectivity index (χ0) is 15.9. The maximum absolute atomic E-state index is 12.2. The number of nitrogens with zero attached hydrogens (tertiary/aromatic N) is 1. The lowest BCUT2D eigenvalue weighted by atomic mass is 9.93. The number of amides is 1. The molecule has 1 aromatic rings. The number of ether oxygens (including phenoxy) is 1. The number of hydrogen-bond acceptors (Lipinski definition) is 3. The number of likely N-dealkylation sites (tertiary alicyclic amines) is 1. The second-order valence-electron chi connectivity index (χ2n) is 5.87. The van der Waals surface area contributed by atoms with Crippen LogP contribution in [-0.4, -0.2) is 44.1 Å². The first-order valence-corrected chi connectivity index (χ1v) is 8.30. The molecule has 4 nitrogen and oxygen atoms in total. The molecule has 22 heavy (non-hydrogen) atoms. The smallest absolute Gasteiger partial charge is 0.260 e. The summed E-state index contributed by atoms with van der Waals surface area (Å²) < 4.78 is 5.64. The van der Waals surface area contributed by atoms with Crippen LogP contribution in [0.3, 0.4) is 0 Å². The maximum Gasteiger partial charge on any atom is 0.260 e. The largest absolute Gasteiger partial charge is 0.483 e. The molecule has 1 saturated heterocycles. The minimum atomic E-state index is 0.0615. The van der Waals surface area contributed by atoms with Crippen molar-refractivity contribution in [3.63, 3.8) is 0 Å². The van der Waals surface area contributed by atoms with Crippen molar-refractivity contribution in [2.24, 2.45) is 5.92 Å². The lowest BCUT2D eigenvalue weighted by molar-refractivity contribution is -0.134. The van der Waals surface area contributed by atoms with Crippen molar-refractivity contribution >= 4 is 17.5 Å². The first-order valence-electron chi connectivity index (χ1n) is 7.92. The van der Waals surface area contributed by atoms with Gasteiger partial charge in [-0.25, -0.2) is 0 Å². The molecular formula is C17H25ClN2O2. The minimum Gasteiger partial charge on any atom is -0.483 e. The molecule has 1 aromatic carbocycles. The Bertz CT molecular complexity index is 499. The van der Waals surface area contributed by atoms with Gasteiger partial charge in [0.1, 0.15) is 5.75 Å². The van der Waals surface area contributed by atoms with E-state index in [0.29, 0.717) is 10.8 Å². The molecule has 5 heteroatoms. The van der Waals surface area contributed by atoms with Crippen LogP contribution < -0.4 is 10.1 Å². The van der Waals surface area contributed by atoms with Crippen molar-refractivity contribution in [1.82, 2.24) is 10.2 Å². The van der Waals surface area contributed by atoms with E-state index < -0.39 is 0 Å². The third-order valence-electron chi connectivity index (χ3n) is 4.34. The highest BCUT2D eigenvalue weighted by Gasteiger charge is 2.22. The van der Waals surface area contributed by atoms with Crippen LogP contribution in [0.4, 0.5) is 0 Å². The molecule has 0 aromatic heterocycles. The monoisotopic (exact) mass is 324 g/mol. The minimum absolute atomic E-state index is 0.0615. The van der Waals surface area contributed by atoms with Crippen LogP contribution in [0.25, 0.3) is 0 Å². The van der Waals surface area contributed by atoms with E-state index >= 15 is 0 Å². The molecule has 1 fully saturated rings. The number of halogens is 1. The Labute approximate surface area is 137 Å². The fourth-order valence-electron chi connectivity index (χ4n) is 2.79. The van der Waals surface area contributed by atoms with Gasteiger partial charge in [-0.2, -0.15) is 0 Å². The summed E-state index contributed by atoms with van der Waals surface area (Å²) in [6, 6.07) is 5.50. The van der Waals surface area contributed by atoms with Gasteiger partial charge in [0, 0.05) is 23.7 Å². The molecule has 1 N–H and O–H groups in total. The lowest BCUT2D eigenvalue weighted by Gasteiger charge is -2.32. The van der Waals surface area contributed by atoms with E-state index in [-0.39, 0.29) is 12.5 Å². The summed E-state index contributed by atoms with van der Waals surface area (Å²) in [7, 11) is 1.98. The van der Waals surface area contributed by atoms with Gasteiger partial charge in [0.2, 0.25) is 0 Å². The van der Waals surface area contributed by atoms with Crippen LogP contribution in [0, 0.1) is 12.8 Å². The van der Waals surface area contributed by atoms with Crippen LogP contribution >= 0.6 is 11.6 Å². The SMILES string of the molecule is CNCCC1CCN(C(=O)COc2cccc(Cl)c2C)CC1. The van der Waals surface area contributed by atoms with Crippen molar-refractivity contribution in [2.45, 2.75) is 26.2 Å². The summed E-state index contributed by atoms with van der Waals surface area (Å²) in [5.74, 6) is 1.48. The number of rotatable bonds is 6. The highest BCUT2D eigenvalue weighted by molar-refractivity contribution is 6.31. The maximum atomic E-state index is 12.2. The van der Waals surface area contributed by atoms with E-state index in [2.05, 4.69) is 5.32 Å². The number of carbonyl (C=O) groups is 1. The highest BCUT2D eigenvalue weighted by atomic mass is 35.5. The van der Waals surface area contributed by atoms with E-state index in [1.807, 2.05) is 37.1 Å². The van der Waals surface area contributed by atoms with Gasteiger partial charge in [0.05, 0.1) is 0 Å². The molecule has 122 valence electrons. The Morgan fingerprint density at radius 2 is 2.14 bits per heavy atom. The van der Waals surface area contributed by atoms with Gasteiger partial charge in [-0.05, 0) is 57.8 Å². The predicted octanol–water partition coefficient (Wildman–Crippen LogP) is 2.88. The number of nitrogens with one attached hydrogen (secondary N) is 1. The lowest BCUT2D eigenvalue weighted by Crippen LogP contribution is -2.41. The number of benzene rings is 1. The van der Waals surface area contributed by atoms with Crippen molar-refractivity contribution in [3.05, 3.63) is 28.8 Å². The van der Waals surface area contributed by atoms with Crippen molar-refractivity contribution in [3.8, 4) is 5.75 Å². The zero-order valence-electron chi connectivity index (χ0n) is 13.4. The molecule has 2 rings (SSSR count). The van der Waals surface area contributed by atoms with Crippen molar-refractivity contribution < 1.29 is 9.53 Å². The zero-order valence-corrected chi connectivity index (χ0v) is 14.2. The number of carbonyl (C=O) groups excluding carboxylic acids is 1. The third-order valence-corrected chi connectivity index (χ3v) is 4.75. The summed E-state index contributed by atoms with van der Waals surface area (Å²) in [6.45, 7) is 4.71. The summed E-state index contributed by atoms with van der Waals surface area (Å²) in [5, 5.41) is 3.85. The topological polar surface area (TPSA) is 41.6 Å². The fraction of sp³-hybridized carbons (Fsp3) is 0.588. The Kier molecular flexibility index (Phi) is 6.52. The molecule has 0 bridgehead atoms. The molecule has 1 amide bonds. The van der Waals surface area contributed by atoms with Gasteiger partial charge >= 0.3 is 0 Å². The van der Waals surface area contributed by atoms with Gasteiger partial charge in [-0.1, -0.05) is 17.7 Å². The average Bonchev–Trinajstić information content (AvgIpc) is 2.54. The molecule has 0 spiro atoms. The molecular weight excluding hydrogens is 300 g/mol. The van der Waals surface area contributed by atoms with E-state index in [4.69, 9.17) is 16.3 Å². The molecule has 1 aliphatic rings. The van der Waals surface area contributed by atoms with Gasteiger partial charge in [-0.15, -0.1) is 0 Å². The van der Waals surface area contributed by atoms with Gasteiger partial charge in [-0.3, -0.25) is 4.79 Å². The van der Waals surface area contributed by atoms with Gasteiger partial charge < -0.3 is 15.0 Å². The molecule has 0 radical (unpaired) electrons. The number of piperidine rings is 1. The Balaban J connectivity index is 1.78. The second kappa shape index (κ2) is 8.39. The Morgan fingerprint density at radius 3 is 2.82 bits per heavy atom. The quantitative estimate of drug-likeness (QED) is 0.875. The summed E-state index contributed by atoms with van der Waals surface area (Å²) in [5.41, 5.74) is 0.878. The normalized spacial score (nSPS) is 15.9. The van der Waals surface area contributed by atoms with Crippen LogP contribution in [0.1, 0.15) is 24.8 Å². The van der Waals surface area contributed by atoms with Crippen LogP contribution in [-0.2, 0) is 4.79 Å². The molecule has 1 heterocycles. The Hall–Kier alpha value is -1.26. The fourth-order valence-corrected chi connectivity index (χ4v) is 2.96. The average molecular weight is 325 g/mol. The molecule has 0 atom stereocenters. The first kappa shape index (κ1) is 17.1. The highest BCUT2D eigenvalue weighted by Crippen LogP contribution is 2.25. The van der Waals surface area contributed by atoms with Crippen molar-refractivity contribution in [2.75, 3.05) is 33.3 Å². The van der Waals surface area contributed by atoms with Crippen LogP contribution in [0.2, 0.25) is 5.02 Å². The second-order valence-corrected chi connectivity index (χ2v) is 6.28. The van der Waals surface area contributed by atoms with Crippen molar-refractivity contribution in [1.29, 1.82) is 0 Å².